The molecule has 0 atom stereocenters. The third-order valence-corrected chi connectivity index (χ3v) is 3.92. The molecule has 0 saturated carbocycles. The third-order valence-electron chi connectivity index (χ3n) is 1.59. The van der Waals surface area contributed by atoms with Crippen molar-refractivity contribution in [2.24, 2.45) is 0 Å². The molecule has 0 saturated heterocycles. The molecular weight excluding hydrogens is 327 g/mol. The van der Waals surface area contributed by atoms with Crippen molar-refractivity contribution in [2.45, 2.75) is 23.7 Å². The molecule has 0 aliphatic rings. The van der Waals surface area contributed by atoms with Gasteiger partial charge in [0.15, 0.2) is 0 Å². The van der Waals surface area contributed by atoms with E-state index in [4.69, 9.17) is 5.26 Å². The van der Waals surface area contributed by atoms with E-state index in [1.54, 1.807) is 0 Å². The Morgan fingerprint density at radius 1 is 0.789 bits per heavy atom. The molecule has 0 bridgehead atoms. The Morgan fingerprint density at radius 3 is 1.21 bits per heavy atom. The second-order valence-corrected chi connectivity index (χ2v) is 5.22. The van der Waals surface area contributed by atoms with Crippen molar-refractivity contribution in [1.29, 1.82) is 5.26 Å². The fourth-order valence-corrected chi connectivity index (χ4v) is 2.05. The summed E-state index contributed by atoms with van der Waals surface area (Å²) in [6.45, 7) is 0. The molecule has 0 aliphatic heterocycles. The molecule has 0 unspecified atom stereocenters. The van der Waals surface area contributed by atoms with Gasteiger partial charge < -0.3 is 4.52 Å². The van der Waals surface area contributed by atoms with E-state index in [0.717, 1.165) is 0 Å². The van der Waals surface area contributed by atoms with Gasteiger partial charge in [0.2, 0.25) is 0 Å². The number of nitriles is 1. The van der Waals surface area contributed by atoms with E-state index in [1.807, 2.05) is 0 Å². The minimum Gasteiger partial charge on any atom is -0.360 e. The van der Waals surface area contributed by atoms with E-state index in [0.29, 0.717) is 0 Å². The lowest BCUT2D eigenvalue weighted by Gasteiger charge is -2.31. The second kappa shape index (κ2) is 4.43. The monoisotopic (exact) mass is 327 g/mol. The highest BCUT2D eigenvalue weighted by atomic mass is 31.2. The molecule has 0 aliphatic carbocycles. The average molecular weight is 327 g/mol. The Kier molecular flexibility index (Phi) is 4.16. The van der Waals surface area contributed by atoms with Crippen molar-refractivity contribution >= 4 is 7.37 Å². The van der Waals surface area contributed by atoms with Crippen molar-refractivity contribution < 1.29 is 53.0 Å². The van der Waals surface area contributed by atoms with Gasteiger partial charge in [0, 0.05) is 0 Å². The number of nitrogens with zero attached hydrogens (tertiary/aromatic N) is 1. The summed E-state index contributed by atoms with van der Waals surface area (Å²) in [5.41, 5.74) is -14.1. The van der Waals surface area contributed by atoms with Gasteiger partial charge in [-0.1, -0.05) is 0 Å². The van der Waals surface area contributed by atoms with E-state index in [2.05, 4.69) is 4.52 Å². The van der Waals surface area contributed by atoms with Crippen LogP contribution in [0.25, 0.3) is 0 Å². The number of halogens is 10. The standard InChI is InChI=1S/C5F10NO2P/c6-2(7,8)4(12,13)19(17,18-1-16)5(14,15)3(9,10)11. The summed E-state index contributed by atoms with van der Waals surface area (Å²) in [6, 6.07) is 0. The lowest BCUT2D eigenvalue weighted by molar-refractivity contribution is -0.270. The smallest absolute Gasteiger partial charge is 0.360 e. The molecule has 3 nitrogen and oxygen atoms in total. The zero-order valence-corrected chi connectivity index (χ0v) is 8.88. The number of rotatable bonds is 3. The van der Waals surface area contributed by atoms with Crippen molar-refractivity contribution in [3.05, 3.63) is 0 Å². The highest BCUT2D eigenvalue weighted by Crippen LogP contribution is 2.77. The minimum absolute atomic E-state index is 0.258. The highest BCUT2D eigenvalue weighted by Gasteiger charge is 2.86. The summed E-state index contributed by atoms with van der Waals surface area (Å²) < 4.78 is 134. The lowest BCUT2D eigenvalue weighted by atomic mass is 10.7. The van der Waals surface area contributed by atoms with Crippen molar-refractivity contribution in [2.75, 3.05) is 0 Å². The Hall–Kier alpha value is -1.18. The van der Waals surface area contributed by atoms with Crippen LogP contribution in [-0.2, 0) is 9.09 Å². The molecule has 0 spiro atoms. The quantitative estimate of drug-likeness (QED) is 0.446. The van der Waals surface area contributed by atoms with E-state index in [9.17, 15) is 48.5 Å². The molecule has 0 fully saturated rings. The van der Waals surface area contributed by atoms with Crippen LogP contribution in [0.3, 0.4) is 0 Å². The molecule has 0 aromatic heterocycles. The maximum Gasteiger partial charge on any atom is 0.465 e. The van der Waals surface area contributed by atoms with Crippen LogP contribution >= 0.6 is 7.37 Å². The van der Waals surface area contributed by atoms with Crippen LogP contribution in [0.2, 0.25) is 0 Å². The summed E-state index contributed by atoms with van der Waals surface area (Å²) >= 11 is 0. The SMILES string of the molecule is N#COP(=O)(C(F)(F)C(F)(F)F)C(F)(F)C(F)(F)F. The molecule has 0 rings (SSSR count). The number of hydrogen-bond acceptors (Lipinski definition) is 3. The summed E-state index contributed by atoms with van der Waals surface area (Å²) in [4.78, 5) is 0. The maximum absolute atomic E-state index is 12.5. The molecule has 14 heteroatoms. The summed E-state index contributed by atoms with van der Waals surface area (Å²) in [5.74, 6) is 0. The Labute approximate surface area is 96.7 Å². The van der Waals surface area contributed by atoms with Gasteiger partial charge in [-0.15, -0.1) is 5.26 Å². The Balaban J connectivity index is 6.23. The molecule has 0 heterocycles. The highest BCUT2D eigenvalue weighted by molar-refractivity contribution is 7.61. The summed E-state index contributed by atoms with van der Waals surface area (Å²) in [5, 5.41) is 7.61. The van der Waals surface area contributed by atoms with Gasteiger partial charge in [-0.2, -0.15) is 43.9 Å². The summed E-state index contributed by atoms with van der Waals surface area (Å²) in [6.07, 6.45) is -14.4. The Bertz CT molecular complexity index is 401. The lowest BCUT2D eigenvalue weighted by Crippen LogP contribution is -2.47. The predicted octanol–water partition coefficient (Wildman–Crippen LogP) is 4.07. The van der Waals surface area contributed by atoms with E-state index < -0.39 is 31.0 Å². The van der Waals surface area contributed by atoms with Crippen LogP contribution in [0.5, 0.6) is 0 Å². The Morgan fingerprint density at radius 2 is 1.05 bits per heavy atom. The van der Waals surface area contributed by atoms with E-state index in [1.165, 1.54) is 0 Å². The first kappa shape index (κ1) is 17.8. The number of alkyl halides is 10. The van der Waals surface area contributed by atoms with Crippen LogP contribution in [0, 0.1) is 11.5 Å². The van der Waals surface area contributed by atoms with Gasteiger partial charge in [0.25, 0.3) is 6.26 Å². The van der Waals surface area contributed by atoms with E-state index >= 15 is 0 Å². The normalized spacial score (nSPS) is 15.0. The minimum atomic E-state index is -8.15. The third kappa shape index (κ3) is 2.45. The predicted molar refractivity (Wildman–Crippen MR) is 36.3 cm³/mol. The van der Waals surface area contributed by atoms with Gasteiger partial charge in [-0.25, -0.2) is 0 Å². The van der Waals surface area contributed by atoms with Crippen LogP contribution in [-0.4, -0.2) is 23.7 Å². The maximum atomic E-state index is 12.5. The topological polar surface area (TPSA) is 50.1 Å². The van der Waals surface area contributed by atoms with Crippen molar-refractivity contribution in [3.8, 4) is 6.26 Å². The zero-order valence-electron chi connectivity index (χ0n) is 7.99. The molecule has 0 aromatic carbocycles. The molecule has 0 aromatic rings. The second-order valence-electron chi connectivity index (χ2n) is 2.81. The molecule has 0 amide bonds. The fraction of sp³-hybridized carbons (Fsp3) is 0.800. The zero-order chi connectivity index (χ0) is 15.9. The van der Waals surface area contributed by atoms with Gasteiger partial charge >= 0.3 is 31.0 Å². The van der Waals surface area contributed by atoms with Gasteiger partial charge in [-0.3, -0.25) is 4.57 Å². The van der Waals surface area contributed by atoms with Crippen molar-refractivity contribution in [1.82, 2.24) is 0 Å². The van der Waals surface area contributed by atoms with E-state index in [-0.39, 0.29) is 6.26 Å². The fourth-order valence-electron chi connectivity index (χ4n) is 0.682. The molecular formula is C5F10NO2P. The average Bonchev–Trinajstić information content (AvgIpc) is 2.13. The largest absolute Gasteiger partial charge is 0.465 e. The first-order valence-electron chi connectivity index (χ1n) is 3.63. The molecule has 0 radical (unpaired) electrons. The molecule has 19 heavy (non-hydrogen) atoms. The number of hydrogen-bond donors (Lipinski definition) is 0. The van der Waals surface area contributed by atoms with Crippen LogP contribution in [0.15, 0.2) is 0 Å². The van der Waals surface area contributed by atoms with Crippen LogP contribution < -0.4 is 0 Å². The van der Waals surface area contributed by atoms with Crippen molar-refractivity contribution in [3.63, 3.8) is 0 Å². The first-order valence-corrected chi connectivity index (χ1v) is 5.25. The summed E-state index contributed by atoms with van der Waals surface area (Å²) in [7, 11) is -8.15. The first-order chi connectivity index (χ1) is 8.06. The molecule has 0 N–H and O–H groups in total. The van der Waals surface area contributed by atoms with Gasteiger partial charge in [0.1, 0.15) is 0 Å². The van der Waals surface area contributed by atoms with Crippen LogP contribution in [0.4, 0.5) is 43.9 Å². The van der Waals surface area contributed by atoms with Gasteiger partial charge in [0.05, 0.1) is 0 Å². The molecule has 112 valence electrons. The van der Waals surface area contributed by atoms with Gasteiger partial charge in [-0.05, 0) is 0 Å². The van der Waals surface area contributed by atoms with Crippen LogP contribution in [0.1, 0.15) is 0 Å².